The van der Waals surface area contributed by atoms with E-state index in [9.17, 15) is 9.90 Å². The van der Waals surface area contributed by atoms with Gasteiger partial charge in [-0.1, -0.05) is 25.5 Å². The quantitative estimate of drug-likeness (QED) is 0.523. The first-order chi connectivity index (χ1) is 11.0. The van der Waals surface area contributed by atoms with Crippen LogP contribution in [0.2, 0.25) is 0 Å². The minimum absolute atomic E-state index is 0.0270. The summed E-state index contributed by atoms with van der Waals surface area (Å²) in [6, 6.07) is 3.57. The van der Waals surface area contributed by atoms with Crippen LogP contribution >= 0.6 is 22.9 Å². The summed E-state index contributed by atoms with van der Waals surface area (Å²) < 4.78 is 0. The molecule has 1 aromatic rings. The van der Waals surface area contributed by atoms with Crippen molar-refractivity contribution < 1.29 is 15.0 Å². The number of unbranched alkanes of at least 4 members (excludes halogenated alkanes) is 1. The number of hydrogen-bond acceptors (Lipinski definition) is 3. The zero-order valence-corrected chi connectivity index (χ0v) is 15.0. The zero-order valence-electron chi connectivity index (χ0n) is 13.5. The molecule has 23 heavy (non-hydrogen) atoms. The fraction of sp³-hybridized carbons (Fsp3) is 0.611. The van der Waals surface area contributed by atoms with Crippen LogP contribution in [0.15, 0.2) is 24.3 Å². The summed E-state index contributed by atoms with van der Waals surface area (Å²) in [6.45, 7) is 2.14. The van der Waals surface area contributed by atoms with E-state index in [1.165, 1.54) is 11.3 Å². The molecule has 5 heteroatoms. The van der Waals surface area contributed by atoms with E-state index in [4.69, 9.17) is 16.7 Å². The summed E-state index contributed by atoms with van der Waals surface area (Å²) in [5, 5.41) is 19.2. The number of allylic oxidation sites excluding steroid dienone is 1. The van der Waals surface area contributed by atoms with Crippen molar-refractivity contribution in [3.8, 4) is 0 Å². The van der Waals surface area contributed by atoms with Crippen LogP contribution in [0.4, 0.5) is 0 Å². The lowest BCUT2D eigenvalue weighted by molar-refractivity contribution is 0.0702. The molecule has 2 rings (SSSR count). The van der Waals surface area contributed by atoms with Gasteiger partial charge < -0.3 is 10.2 Å². The van der Waals surface area contributed by atoms with Gasteiger partial charge in [-0.2, -0.15) is 0 Å². The Kier molecular flexibility index (Phi) is 7.12. The molecule has 1 aromatic heterocycles. The van der Waals surface area contributed by atoms with E-state index in [0.717, 1.165) is 37.0 Å². The number of carboxylic acid groups (broad SMARTS) is 1. The Morgan fingerprint density at radius 2 is 2.26 bits per heavy atom. The van der Waals surface area contributed by atoms with E-state index in [2.05, 4.69) is 19.1 Å². The fourth-order valence-corrected chi connectivity index (χ4v) is 4.66. The summed E-state index contributed by atoms with van der Waals surface area (Å²) in [4.78, 5) is 12.4. The molecule has 4 atom stereocenters. The lowest BCUT2D eigenvalue weighted by Gasteiger charge is -2.20. The second-order valence-corrected chi connectivity index (χ2v) is 7.97. The van der Waals surface area contributed by atoms with Gasteiger partial charge in [0.05, 0.1) is 6.10 Å². The van der Waals surface area contributed by atoms with Crippen LogP contribution in [-0.2, 0) is 6.42 Å². The molecule has 0 aliphatic heterocycles. The van der Waals surface area contributed by atoms with Gasteiger partial charge in [-0.15, -0.1) is 22.9 Å². The first-order valence-corrected chi connectivity index (χ1v) is 9.59. The monoisotopic (exact) mass is 356 g/mol. The third-order valence-corrected chi connectivity index (χ3v) is 6.15. The van der Waals surface area contributed by atoms with Crippen LogP contribution in [0.3, 0.4) is 0 Å². The largest absolute Gasteiger partial charge is 0.477 e. The highest BCUT2D eigenvalue weighted by atomic mass is 35.5. The molecule has 1 aliphatic rings. The number of hydrogen-bond donors (Lipinski definition) is 2. The van der Waals surface area contributed by atoms with E-state index in [0.29, 0.717) is 17.2 Å². The summed E-state index contributed by atoms with van der Waals surface area (Å²) in [5.41, 5.74) is 0. The van der Waals surface area contributed by atoms with Gasteiger partial charge in [0.15, 0.2) is 0 Å². The predicted molar refractivity (Wildman–Crippen MR) is 95.5 cm³/mol. The van der Waals surface area contributed by atoms with Crippen LogP contribution in [0.1, 0.15) is 53.6 Å². The maximum Gasteiger partial charge on any atom is 0.345 e. The lowest BCUT2D eigenvalue weighted by Crippen LogP contribution is -2.18. The predicted octanol–water partition coefficient (Wildman–Crippen LogP) is 4.73. The second kappa shape index (κ2) is 8.86. The average molecular weight is 357 g/mol. The van der Waals surface area contributed by atoms with Crippen LogP contribution in [0.25, 0.3) is 0 Å². The number of aliphatic hydroxyl groups excluding tert-OH is 1. The second-order valence-electron chi connectivity index (χ2n) is 6.24. The van der Waals surface area contributed by atoms with E-state index in [-0.39, 0.29) is 17.4 Å². The summed E-state index contributed by atoms with van der Waals surface area (Å²) in [7, 11) is 0. The Morgan fingerprint density at radius 1 is 1.48 bits per heavy atom. The molecule has 3 nitrogen and oxygen atoms in total. The molecule has 1 aliphatic carbocycles. The van der Waals surface area contributed by atoms with E-state index in [1.807, 2.05) is 6.07 Å². The van der Waals surface area contributed by atoms with Crippen LogP contribution in [0, 0.1) is 11.8 Å². The number of carbonyl (C=O) groups is 1. The Labute approximate surface area is 147 Å². The van der Waals surface area contributed by atoms with Crippen LogP contribution in [0.5, 0.6) is 0 Å². The van der Waals surface area contributed by atoms with Crippen molar-refractivity contribution in [1.82, 2.24) is 0 Å². The molecular formula is C18H25ClO3S. The zero-order chi connectivity index (χ0) is 16.8. The molecule has 0 saturated heterocycles. The van der Waals surface area contributed by atoms with Gasteiger partial charge in [-0.05, 0) is 50.2 Å². The highest BCUT2D eigenvalue weighted by Gasteiger charge is 2.39. The van der Waals surface area contributed by atoms with Crippen LogP contribution < -0.4 is 0 Å². The highest BCUT2D eigenvalue weighted by Crippen LogP contribution is 2.40. The van der Waals surface area contributed by atoms with Crippen molar-refractivity contribution in [2.24, 2.45) is 11.8 Å². The maximum atomic E-state index is 10.9. The number of aryl methyl sites for hydroxylation is 1. The van der Waals surface area contributed by atoms with Gasteiger partial charge in [-0.3, -0.25) is 0 Å². The highest BCUT2D eigenvalue weighted by molar-refractivity contribution is 7.13. The molecule has 0 amide bonds. The number of thiophene rings is 1. The molecular weight excluding hydrogens is 332 g/mol. The Balaban J connectivity index is 1.87. The molecule has 0 aromatic carbocycles. The first-order valence-electron chi connectivity index (χ1n) is 8.33. The van der Waals surface area contributed by atoms with Crippen molar-refractivity contribution in [2.75, 3.05) is 0 Å². The smallest absolute Gasteiger partial charge is 0.345 e. The van der Waals surface area contributed by atoms with Crippen molar-refractivity contribution in [3.05, 3.63) is 34.0 Å². The van der Waals surface area contributed by atoms with Crippen molar-refractivity contribution in [2.45, 2.75) is 56.9 Å². The Morgan fingerprint density at radius 3 is 2.91 bits per heavy atom. The molecule has 1 fully saturated rings. The molecule has 128 valence electrons. The van der Waals surface area contributed by atoms with Crippen molar-refractivity contribution in [1.29, 1.82) is 0 Å². The molecule has 1 saturated carbocycles. The number of halogens is 1. The number of alkyl halides is 1. The molecule has 0 unspecified atom stereocenters. The first kappa shape index (κ1) is 18.5. The molecule has 0 spiro atoms. The number of rotatable bonds is 8. The van der Waals surface area contributed by atoms with Gasteiger partial charge in [-0.25, -0.2) is 4.79 Å². The van der Waals surface area contributed by atoms with Gasteiger partial charge in [0.1, 0.15) is 4.88 Å². The van der Waals surface area contributed by atoms with E-state index in [1.54, 1.807) is 6.07 Å². The summed E-state index contributed by atoms with van der Waals surface area (Å²) in [6.07, 6.45) is 9.59. The number of aliphatic hydroxyl groups is 1. The fourth-order valence-electron chi connectivity index (χ4n) is 3.29. The van der Waals surface area contributed by atoms with Gasteiger partial charge in [0.25, 0.3) is 0 Å². The number of carboxylic acids is 1. The van der Waals surface area contributed by atoms with Crippen molar-refractivity contribution >= 4 is 28.9 Å². The number of aromatic carboxylic acids is 1. The lowest BCUT2D eigenvalue weighted by atomic mass is 9.89. The maximum absolute atomic E-state index is 10.9. The average Bonchev–Trinajstić information content (AvgIpc) is 3.07. The molecule has 0 bridgehead atoms. The third kappa shape index (κ3) is 5.07. The topological polar surface area (TPSA) is 57.5 Å². The van der Waals surface area contributed by atoms with E-state index < -0.39 is 5.97 Å². The Bertz CT molecular complexity index is 540. The van der Waals surface area contributed by atoms with E-state index >= 15 is 0 Å². The van der Waals surface area contributed by atoms with Gasteiger partial charge in [0, 0.05) is 16.2 Å². The SMILES string of the molecule is CCCC=C[C@H]1[C@@H](CCCc2ccc(C(=O)O)s2)[C@@H](Cl)C[C@H]1O. The third-order valence-electron chi connectivity index (χ3n) is 4.52. The van der Waals surface area contributed by atoms with Gasteiger partial charge in [0.2, 0.25) is 0 Å². The van der Waals surface area contributed by atoms with Crippen LogP contribution in [-0.4, -0.2) is 27.7 Å². The molecule has 1 heterocycles. The normalized spacial score (nSPS) is 27.8. The van der Waals surface area contributed by atoms with Crippen molar-refractivity contribution in [3.63, 3.8) is 0 Å². The van der Waals surface area contributed by atoms with Gasteiger partial charge >= 0.3 is 5.97 Å². The molecule has 2 N–H and O–H groups in total. The Hall–Kier alpha value is -0.840. The minimum atomic E-state index is -0.859. The molecule has 0 radical (unpaired) electrons. The summed E-state index contributed by atoms with van der Waals surface area (Å²) >= 11 is 7.79. The standard InChI is InChI=1S/C18H25ClO3S/c1-2-3-4-7-14-13(15(19)11-16(14)20)8-5-6-12-9-10-17(23-12)18(21)22/h4,7,9-10,13-16,20H,2-3,5-6,8,11H2,1H3,(H,21,22)/t13-,14+,15+,16-/m1/s1. The minimum Gasteiger partial charge on any atom is -0.477 e. The summed E-state index contributed by atoms with van der Waals surface area (Å²) in [5.74, 6) is -0.400.